The first-order chi connectivity index (χ1) is 0. The molecule has 7 heavy (non-hydrogen) atoms. The molecular weight excluding hydrogens is 208 g/mol. The molecule has 0 atom stereocenters. The molecule has 57 valence electrons. The molecule has 0 saturated heterocycles. The summed E-state index contributed by atoms with van der Waals surface area (Å²) in [6, 6.07) is 0. The Balaban J connectivity index is 0. The van der Waals surface area contributed by atoms with Crippen molar-refractivity contribution in [2.24, 2.45) is 0 Å². The third-order valence-electron chi connectivity index (χ3n) is 0. The molecule has 0 bridgehead atoms. The van der Waals surface area contributed by atoms with Crippen LogP contribution in [0.3, 0.4) is 0 Å². The molecule has 0 spiro atoms. The Labute approximate surface area is 63.1 Å². The monoisotopic (exact) mass is 223 g/mol. The van der Waals surface area contributed by atoms with E-state index in [4.69, 9.17) is 0 Å². The van der Waals surface area contributed by atoms with Gasteiger partial charge in [0.25, 0.3) is 0 Å². The van der Waals surface area contributed by atoms with Crippen molar-refractivity contribution >= 4 is 0 Å². The Hall–Kier alpha value is 0.713. The van der Waals surface area contributed by atoms with Crippen LogP contribution >= 0.6 is 0 Å². The SMILES string of the molecule is N.N.N.N.N.[Cl-].[Rh]. The number of rotatable bonds is 0. The van der Waals surface area contributed by atoms with Crippen molar-refractivity contribution in [2.45, 2.75) is 0 Å². The summed E-state index contributed by atoms with van der Waals surface area (Å²) in [6.45, 7) is 0. The van der Waals surface area contributed by atoms with Crippen LogP contribution in [0.2, 0.25) is 0 Å². The fourth-order valence-electron chi connectivity index (χ4n) is 0. The van der Waals surface area contributed by atoms with Gasteiger partial charge in [0.15, 0.2) is 0 Å². The smallest absolute Gasteiger partial charge is 0 e. The van der Waals surface area contributed by atoms with Crippen LogP contribution in [0.15, 0.2) is 0 Å². The average molecular weight is 224 g/mol. The van der Waals surface area contributed by atoms with Crippen LogP contribution < -0.4 is 43.2 Å². The number of hydrogen-bond acceptors (Lipinski definition) is 5. The number of hydrogen-bond donors (Lipinski definition) is 5. The van der Waals surface area contributed by atoms with Gasteiger partial charge in [0.1, 0.15) is 0 Å². The molecule has 0 aromatic rings. The van der Waals surface area contributed by atoms with Gasteiger partial charge >= 0.3 is 0 Å². The van der Waals surface area contributed by atoms with Crippen molar-refractivity contribution in [1.82, 2.24) is 30.8 Å². The van der Waals surface area contributed by atoms with Gasteiger partial charge in [0.05, 0.1) is 0 Å². The minimum atomic E-state index is 0. The zero-order chi connectivity index (χ0) is 0. The van der Waals surface area contributed by atoms with Crippen molar-refractivity contribution in [3.63, 3.8) is 0 Å². The van der Waals surface area contributed by atoms with Gasteiger partial charge in [-0.2, -0.15) is 0 Å². The molecule has 0 heterocycles. The summed E-state index contributed by atoms with van der Waals surface area (Å²) < 4.78 is 0. The first-order valence-corrected chi connectivity index (χ1v) is 0. The van der Waals surface area contributed by atoms with Crippen LogP contribution in [0, 0.1) is 0 Å². The van der Waals surface area contributed by atoms with Crippen molar-refractivity contribution in [3.05, 3.63) is 0 Å². The normalized spacial score (nSPS) is 0. The van der Waals surface area contributed by atoms with Crippen molar-refractivity contribution < 1.29 is 31.9 Å². The summed E-state index contributed by atoms with van der Waals surface area (Å²) in [4.78, 5) is 0. The third-order valence-corrected chi connectivity index (χ3v) is 0. The summed E-state index contributed by atoms with van der Waals surface area (Å²) in [6.07, 6.45) is 0. The molecule has 0 saturated carbocycles. The first-order valence-electron chi connectivity index (χ1n) is 0. The van der Waals surface area contributed by atoms with Crippen molar-refractivity contribution in [1.29, 1.82) is 0 Å². The van der Waals surface area contributed by atoms with Crippen molar-refractivity contribution in [3.8, 4) is 0 Å². The maximum Gasteiger partial charge on any atom is 0 e. The van der Waals surface area contributed by atoms with Gasteiger partial charge in [-0.15, -0.1) is 0 Å². The Morgan fingerprint density at radius 1 is 0.429 bits per heavy atom. The van der Waals surface area contributed by atoms with Gasteiger partial charge in [-0.05, 0) is 0 Å². The van der Waals surface area contributed by atoms with Crippen molar-refractivity contribution in [2.75, 3.05) is 0 Å². The predicted octanol–water partition coefficient (Wildman–Crippen LogP) is -2.19. The molecule has 0 unspecified atom stereocenters. The van der Waals surface area contributed by atoms with Crippen LogP contribution in [0.5, 0.6) is 0 Å². The molecule has 5 nitrogen and oxygen atoms in total. The molecule has 0 aliphatic carbocycles. The summed E-state index contributed by atoms with van der Waals surface area (Å²) in [5.41, 5.74) is 0. The van der Waals surface area contributed by atoms with E-state index >= 15 is 0 Å². The van der Waals surface area contributed by atoms with Gasteiger partial charge in [0.2, 0.25) is 0 Å². The Morgan fingerprint density at radius 2 is 0.429 bits per heavy atom. The van der Waals surface area contributed by atoms with Crippen LogP contribution in [0.4, 0.5) is 0 Å². The van der Waals surface area contributed by atoms with E-state index in [0.717, 1.165) is 0 Å². The molecule has 0 aromatic heterocycles. The fraction of sp³-hybridized carbons (Fsp3) is 0. The minimum absolute atomic E-state index is 0. The zero-order valence-electron chi connectivity index (χ0n) is 4.25. The topological polar surface area (TPSA) is 175 Å². The fourth-order valence-corrected chi connectivity index (χ4v) is 0. The summed E-state index contributed by atoms with van der Waals surface area (Å²) in [7, 11) is 0. The van der Waals surface area contributed by atoms with E-state index in [2.05, 4.69) is 0 Å². The molecule has 0 rings (SSSR count). The van der Waals surface area contributed by atoms with Gasteiger partial charge in [-0.3, -0.25) is 0 Å². The Morgan fingerprint density at radius 3 is 0.429 bits per heavy atom. The van der Waals surface area contributed by atoms with Gasteiger partial charge in [-0.25, -0.2) is 0 Å². The predicted molar refractivity (Wildman–Crippen MR) is 25.1 cm³/mol. The second kappa shape index (κ2) is 431. The van der Waals surface area contributed by atoms with E-state index in [-0.39, 0.29) is 62.6 Å². The molecule has 1 radical (unpaired) electrons. The molecule has 0 aromatic carbocycles. The van der Waals surface area contributed by atoms with E-state index in [0.29, 0.717) is 0 Å². The summed E-state index contributed by atoms with van der Waals surface area (Å²) in [5.74, 6) is 0. The van der Waals surface area contributed by atoms with E-state index in [1.54, 1.807) is 0 Å². The van der Waals surface area contributed by atoms with Gasteiger partial charge in [0, 0.05) is 19.5 Å². The molecule has 15 N–H and O–H groups in total. The van der Waals surface area contributed by atoms with Crippen LogP contribution in [-0.4, -0.2) is 0 Å². The second-order valence-electron chi connectivity index (χ2n) is 0. The Kier molecular flexibility index (Phi) is 42000. The van der Waals surface area contributed by atoms with Crippen LogP contribution in [-0.2, 0) is 19.5 Å². The minimum Gasteiger partial charge on any atom is -1.00 e. The quantitative estimate of drug-likeness (QED) is 0.293. The summed E-state index contributed by atoms with van der Waals surface area (Å²) in [5, 5.41) is 0. The van der Waals surface area contributed by atoms with Crippen LogP contribution in [0.25, 0.3) is 0 Å². The molecular formula is H15ClN5Rh-. The van der Waals surface area contributed by atoms with E-state index in [1.165, 1.54) is 0 Å². The molecule has 0 fully saturated rings. The van der Waals surface area contributed by atoms with E-state index < -0.39 is 0 Å². The standard InChI is InChI=1S/ClH.5H3N.Rh/h1H;5*1H3;/p-1. The second-order valence-corrected chi connectivity index (χ2v) is 0. The largest absolute Gasteiger partial charge is 1.00 e. The Bertz CT molecular complexity index is 8.04. The van der Waals surface area contributed by atoms with Crippen LogP contribution in [0.1, 0.15) is 0 Å². The first kappa shape index (κ1) is 683. The zero-order valence-corrected chi connectivity index (χ0v) is 6.64. The van der Waals surface area contributed by atoms with E-state index in [1.807, 2.05) is 0 Å². The maximum atomic E-state index is 0. The van der Waals surface area contributed by atoms with Gasteiger partial charge in [-0.1, -0.05) is 0 Å². The molecule has 0 aliphatic heterocycles. The molecule has 0 aliphatic rings. The van der Waals surface area contributed by atoms with E-state index in [9.17, 15) is 0 Å². The maximum absolute atomic E-state index is 0. The number of halogens is 1. The summed E-state index contributed by atoms with van der Waals surface area (Å²) >= 11 is 0. The van der Waals surface area contributed by atoms with Gasteiger partial charge < -0.3 is 43.2 Å². The molecule has 7 heteroatoms. The molecule has 0 amide bonds. The average Bonchev–Trinajstić information content (AvgIpc) is 0. The third kappa shape index (κ3) is 293.